The third-order valence-corrected chi connectivity index (χ3v) is 3.27. The molecule has 6 heteroatoms. The first-order valence-electron chi connectivity index (χ1n) is 5.55. The Bertz CT molecular complexity index is 768. The van der Waals surface area contributed by atoms with Gasteiger partial charge in [0.1, 0.15) is 10.7 Å². The van der Waals surface area contributed by atoms with Crippen LogP contribution in [0.2, 0.25) is 5.02 Å². The van der Waals surface area contributed by atoms with E-state index in [2.05, 4.69) is 10.2 Å². The highest BCUT2D eigenvalue weighted by Crippen LogP contribution is 2.37. The van der Waals surface area contributed by atoms with E-state index in [1.54, 1.807) is 6.07 Å². The zero-order valence-corrected chi connectivity index (χ0v) is 10.4. The van der Waals surface area contributed by atoms with Crippen LogP contribution in [0.1, 0.15) is 0 Å². The van der Waals surface area contributed by atoms with Crippen LogP contribution in [0.3, 0.4) is 0 Å². The summed E-state index contributed by atoms with van der Waals surface area (Å²) < 4.78 is 0. The lowest BCUT2D eigenvalue weighted by atomic mass is 10.1. The number of aromatic nitrogens is 2. The Morgan fingerprint density at radius 3 is 2.58 bits per heavy atom. The van der Waals surface area contributed by atoms with E-state index in [-0.39, 0.29) is 10.7 Å². The van der Waals surface area contributed by atoms with E-state index in [4.69, 9.17) is 11.6 Å². The first kappa shape index (κ1) is 11.7. The van der Waals surface area contributed by atoms with E-state index in [9.17, 15) is 10.1 Å². The average molecular weight is 274 g/mol. The van der Waals surface area contributed by atoms with Gasteiger partial charge in [-0.25, -0.2) is 0 Å². The van der Waals surface area contributed by atoms with E-state index in [0.717, 1.165) is 5.56 Å². The van der Waals surface area contributed by atoms with Crippen LogP contribution in [0.15, 0.2) is 42.5 Å². The molecule has 0 aliphatic rings. The van der Waals surface area contributed by atoms with Crippen LogP contribution in [0.25, 0.3) is 22.2 Å². The minimum Gasteiger partial charge on any atom is -0.277 e. The number of benzene rings is 2. The Morgan fingerprint density at radius 1 is 1.16 bits per heavy atom. The smallest absolute Gasteiger partial charge is 0.277 e. The van der Waals surface area contributed by atoms with E-state index in [0.29, 0.717) is 16.6 Å². The third kappa shape index (κ3) is 1.84. The van der Waals surface area contributed by atoms with Crippen LogP contribution < -0.4 is 0 Å². The molecule has 19 heavy (non-hydrogen) atoms. The van der Waals surface area contributed by atoms with Gasteiger partial charge in [-0.1, -0.05) is 41.9 Å². The SMILES string of the molecule is O=[N+]([O-])c1ccc2[nH]nc(-c3ccccc3)c2c1Cl. The molecule has 0 radical (unpaired) electrons. The molecular weight excluding hydrogens is 266 g/mol. The van der Waals surface area contributed by atoms with Gasteiger partial charge in [-0.2, -0.15) is 5.10 Å². The van der Waals surface area contributed by atoms with Crippen molar-refractivity contribution in [3.05, 3.63) is 57.6 Å². The maximum atomic E-state index is 10.9. The molecule has 94 valence electrons. The van der Waals surface area contributed by atoms with Gasteiger partial charge in [0, 0.05) is 11.6 Å². The highest BCUT2D eigenvalue weighted by Gasteiger charge is 2.20. The average Bonchev–Trinajstić information content (AvgIpc) is 2.84. The Labute approximate surface area is 113 Å². The molecule has 0 unspecified atom stereocenters. The molecule has 0 spiro atoms. The van der Waals surface area contributed by atoms with Crippen molar-refractivity contribution in [2.45, 2.75) is 0 Å². The largest absolute Gasteiger partial charge is 0.288 e. The van der Waals surface area contributed by atoms with E-state index < -0.39 is 4.92 Å². The van der Waals surface area contributed by atoms with Gasteiger partial charge in [0.05, 0.1) is 15.8 Å². The number of halogens is 1. The molecule has 0 bridgehead atoms. The molecule has 0 aliphatic carbocycles. The maximum Gasteiger partial charge on any atom is 0.288 e. The highest BCUT2D eigenvalue weighted by molar-refractivity contribution is 6.38. The molecule has 1 aromatic heterocycles. The summed E-state index contributed by atoms with van der Waals surface area (Å²) in [5.74, 6) is 0. The molecule has 3 rings (SSSR count). The van der Waals surface area contributed by atoms with Gasteiger partial charge in [-0.15, -0.1) is 0 Å². The quantitative estimate of drug-likeness (QED) is 0.570. The number of nitrogens with one attached hydrogen (secondary N) is 1. The lowest BCUT2D eigenvalue weighted by molar-refractivity contribution is -0.384. The second kappa shape index (κ2) is 4.37. The predicted molar refractivity (Wildman–Crippen MR) is 73.2 cm³/mol. The highest BCUT2D eigenvalue weighted by atomic mass is 35.5. The zero-order valence-electron chi connectivity index (χ0n) is 9.63. The Morgan fingerprint density at radius 2 is 1.89 bits per heavy atom. The van der Waals surface area contributed by atoms with Gasteiger partial charge in [0.25, 0.3) is 5.69 Å². The third-order valence-electron chi connectivity index (χ3n) is 2.89. The van der Waals surface area contributed by atoms with Crippen LogP contribution >= 0.6 is 11.6 Å². The van der Waals surface area contributed by atoms with Gasteiger partial charge < -0.3 is 0 Å². The van der Waals surface area contributed by atoms with Gasteiger partial charge in [-0.05, 0) is 6.07 Å². The van der Waals surface area contributed by atoms with E-state index in [1.807, 2.05) is 30.3 Å². The summed E-state index contributed by atoms with van der Waals surface area (Å²) >= 11 is 6.13. The zero-order chi connectivity index (χ0) is 13.4. The second-order valence-electron chi connectivity index (χ2n) is 4.02. The van der Waals surface area contributed by atoms with Crippen molar-refractivity contribution in [2.24, 2.45) is 0 Å². The number of hydrogen-bond donors (Lipinski definition) is 1. The van der Waals surface area contributed by atoms with Crippen LogP contribution in [0.4, 0.5) is 5.69 Å². The Balaban J connectivity index is 2.33. The van der Waals surface area contributed by atoms with Gasteiger partial charge in [0.2, 0.25) is 0 Å². The summed E-state index contributed by atoms with van der Waals surface area (Å²) in [7, 11) is 0. The van der Waals surface area contributed by atoms with Gasteiger partial charge in [0.15, 0.2) is 0 Å². The number of rotatable bonds is 2. The minimum absolute atomic E-state index is 0.107. The molecule has 2 aromatic carbocycles. The molecule has 3 aromatic rings. The first-order chi connectivity index (χ1) is 9.18. The summed E-state index contributed by atoms with van der Waals surface area (Å²) in [6.07, 6.45) is 0. The Kier molecular flexibility index (Phi) is 2.68. The number of nitro groups is 1. The van der Waals surface area contributed by atoms with Crippen LogP contribution in [0, 0.1) is 10.1 Å². The standard InChI is InChI=1S/C13H8ClN3O2/c14-12-10(17(18)19)7-6-9-11(12)13(16-15-9)8-4-2-1-3-5-8/h1-7H,(H,15,16). The summed E-state index contributed by atoms with van der Waals surface area (Å²) in [6.45, 7) is 0. The van der Waals surface area contributed by atoms with Crippen LogP contribution in [0.5, 0.6) is 0 Å². The topological polar surface area (TPSA) is 71.8 Å². The number of fused-ring (bicyclic) bond motifs is 1. The molecule has 0 atom stereocenters. The lowest BCUT2D eigenvalue weighted by Gasteiger charge is -2.00. The van der Waals surface area contributed by atoms with Crippen molar-refractivity contribution in [3.8, 4) is 11.3 Å². The molecule has 1 heterocycles. The van der Waals surface area contributed by atoms with E-state index >= 15 is 0 Å². The van der Waals surface area contributed by atoms with Crippen LogP contribution in [-0.4, -0.2) is 15.1 Å². The molecule has 1 N–H and O–H groups in total. The fraction of sp³-hybridized carbons (Fsp3) is 0. The number of nitro benzene ring substituents is 1. The van der Waals surface area contributed by atoms with Crippen molar-refractivity contribution in [3.63, 3.8) is 0 Å². The monoisotopic (exact) mass is 273 g/mol. The maximum absolute atomic E-state index is 10.9. The first-order valence-corrected chi connectivity index (χ1v) is 5.92. The molecule has 0 saturated carbocycles. The summed E-state index contributed by atoms with van der Waals surface area (Å²) in [5.41, 5.74) is 2.03. The molecule has 0 aliphatic heterocycles. The summed E-state index contributed by atoms with van der Waals surface area (Å²) in [5, 5.41) is 18.6. The molecule has 0 saturated heterocycles. The van der Waals surface area contributed by atoms with Crippen LogP contribution in [-0.2, 0) is 0 Å². The fourth-order valence-electron chi connectivity index (χ4n) is 2.01. The van der Waals surface area contributed by atoms with Crippen molar-refractivity contribution in [1.82, 2.24) is 10.2 Å². The molecule has 0 fully saturated rings. The van der Waals surface area contributed by atoms with Crippen molar-refractivity contribution >= 4 is 28.2 Å². The number of aromatic amines is 1. The van der Waals surface area contributed by atoms with Crippen molar-refractivity contribution in [2.75, 3.05) is 0 Å². The fourth-order valence-corrected chi connectivity index (χ4v) is 2.33. The van der Waals surface area contributed by atoms with Crippen molar-refractivity contribution in [1.29, 1.82) is 0 Å². The number of H-pyrrole nitrogens is 1. The Hall–Kier alpha value is -2.40. The second-order valence-corrected chi connectivity index (χ2v) is 4.39. The summed E-state index contributed by atoms with van der Waals surface area (Å²) in [6, 6.07) is 12.4. The molecule has 0 amide bonds. The predicted octanol–water partition coefficient (Wildman–Crippen LogP) is 3.79. The molecule has 5 nitrogen and oxygen atoms in total. The van der Waals surface area contributed by atoms with Gasteiger partial charge >= 0.3 is 0 Å². The number of hydrogen-bond acceptors (Lipinski definition) is 3. The van der Waals surface area contributed by atoms with E-state index in [1.165, 1.54) is 6.07 Å². The minimum atomic E-state index is -0.496. The molecular formula is C13H8ClN3O2. The summed E-state index contributed by atoms with van der Waals surface area (Å²) in [4.78, 5) is 10.4. The number of nitrogens with zero attached hydrogens (tertiary/aromatic N) is 2. The normalized spacial score (nSPS) is 10.8. The van der Waals surface area contributed by atoms with Crippen molar-refractivity contribution < 1.29 is 4.92 Å². The van der Waals surface area contributed by atoms with Gasteiger partial charge in [-0.3, -0.25) is 15.2 Å². The lowest BCUT2D eigenvalue weighted by Crippen LogP contribution is -1.89.